The second kappa shape index (κ2) is 4.53. The van der Waals surface area contributed by atoms with Crippen LogP contribution >= 0.6 is 0 Å². The van der Waals surface area contributed by atoms with Gasteiger partial charge in [-0.15, -0.1) is 10.2 Å². The molecule has 0 radical (unpaired) electrons. The number of phenols is 1. The van der Waals surface area contributed by atoms with Gasteiger partial charge in [-0.1, -0.05) is 12.1 Å². The number of aromatic nitrogens is 3. The molecule has 1 N–H and O–H groups in total. The summed E-state index contributed by atoms with van der Waals surface area (Å²) in [5.41, 5.74) is 2.46. The number of para-hydroxylation sites is 1. The molecular weight excluding hydrogens is 240 g/mol. The molecule has 0 spiro atoms. The highest BCUT2D eigenvalue weighted by molar-refractivity contribution is 5.74. The minimum atomic E-state index is 0.231. The van der Waals surface area contributed by atoms with Crippen molar-refractivity contribution in [3.05, 3.63) is 48.5 Å². The van der Waals surface area contributed by atoms with E-state index in [-0.39, 0.29) is 5.75 Å². The van der Waals surface area contributed by atoms with Crippen LogP contribution in [-0.4, -0.2) is 27.3 Å². The molecule has 0 aliphatic heterocycles. The van der Waals surface area contributed by atoms with Crippen molar-refractivity contribution in [1.82, 2.24) is 15.2 Å². The van der Waals surface area contributed by atoms with Gasteiger partial charge in [0.05, 0.1) is 5.52 Å². The lowest BCUT2D eigenvalue weighted by molar-refractivity contribution is 0.475. The van der Waals surface area contributed by atoms with Crippen LogP contribution in [0.1, 0.15) is 0 Å². The second-order valence-electron chi connectivity index (χ2n) is 4.18. The smallest absolute Gasteiger partial charge is 0.250 e. The average molecular weight is 252 g/mol. The van der Waals surface area contributed by atoms with Crippen LogP contribution in [0.4, 0.5) is 11.6 Å². The summed E-state index contributed by atoms with van der Waals surface area (Å²) in [4.78, 5) is 6.28. The molecule has 0 saturated heterocycles. The van der Waals surface area contributed by atoms with Crippen LogP contribution in [0.25, 0.3) is 11.0 Å². The predicted octanol–water partition coefficient (Wildman–Crippen LogP) is 2.50. The van der Waals surface area contributed by atoms with Crippen LogP contribution < -0.4 is 4.90 Å². The fraction of sp³-hybridized carbons (Fsp3) is 0.0714. The Labute approximate surface area is 110 Å². The molecule has 0 aliphatic rings. The summed E-state index contributed by atoms with van der Waals surface area (Å²) >= 11 is 0. The molecule has 0 atom stereocenters. The largest absolute Gasteiger partial charge is 0.508 e. The molecule has 0 fully saturated rings. The Morgan fingerprint density at radius 3 is 2.32 bits per heavy atom. The molecule has 0 unspecified atom stereocenters. The number of fused-ring (bicyclic) bond motifs is 1. The molecule has 5 nitrogen and oxygen atoms in total. The Hall–Kier alpha value is -2.69. The zero-order valence-electron chi connectivity index (χ0n) is 10.4. The van der Waals surface area contributed by atoms with E-state index < -0.39 is 0 Å². The van der Waals surface area contributed by atoms with Crippen molar-refractivity contribution >= 4 is 22.7 Å². The standard InChI is InChI=1S/C14H12N4O/c1-18(10-6-8-11(19)9-7-10)14-15-12-4-2-3-5-13(12)16-17-14/h2-9,19H,1H3. The zero-order chi connectivity index (χ0) is 13.2. The quantitative estimate of drug-likeness (QED) is 0.759. The maximum Gasteiger partial charge on any atom is 0.250 e. The number of benzene rings is 2. The van der Waals surface area contributed by atoms with E-state index >= 15 is 0 Å². The van der Waals surface area contributed by atoms with Gasteiger partial charge in [0, 0.05) is 12.7 Å². The summed E-state index contributed by atoms with van der Waals surface area (Å²) in [6.45, 7) is 0. The van der Waals surface area contributed by atoms with Crippen LogP contribution in [0.3, 0.4) is 0 Å². The number of aromatic hydroxyl groups is 1. The summed E-state index contributed by atoms with van der Waals surface area (Å²) in [5, 5.41) is 17.5. The maximum absolute atomic E-state index is 9.29. The number of hydrogen-bond donors (Lipinski definition) is 1. The van der Waals surface area contributed by atoms with E-state index in [4.69, 9.17) is 0 Å². The first-order chi connectivity index (χ1) is 9.24. The lowest BCUT2D eigenvalue weighted by Crippen LogP contribution is -2.13. The molecule has 94 valence electrons. The summed E-state index contributed by atoms with van der Waals surface area (Å²) < 4.78 is 0. The molecule has 0 saturated carbocycles. The van der Waals surface area contributed by atoms with E-state index in [1.807, 2.05) is 36.2 Å². The summed E-state index contributed by atoms with van der Waals surface area (Å²) in [7, 11) is 1.86. The van der Waals surface area contributed by atoms with E-state index in [9.17, 15) is 5.11 Å². The Kier molecular flexibility index (Phi) is 2.72. The van der Waals surface area contributed by atoms with Crippen molar-refractivity contribution < 1.29 is 5.11 Å². The predicted molar refractivity (Wildman–Crippen MR) is 73.5 cm³/mol. The van der Waals surface area contributed by atoms with Gasteiger partial charge >= 0.3 is 0 Å². The van der Waals surface area contributed by atoms with Crippen LogP contribution in [0.15, 0.2) is 48.5 Å². The summed E-state index contributed by atoms with van der Waals surface area (Å²) in [6, 6.07) is 14.4. The van der Waals surface area contributed by atoms with E-state index in [0.29, 0.717) is 5.95 Å². The molecule has 1 aromatic heterocycles. The fourth-order valence-corrected chi connectivity index (χ4v) is 1.81. The van der Waals surface area contributed by atoms with Gasteiger partial charge in [0.2, 0.25) is 5.95 Å². The van der Waals surface area contributed by atoms with Crippen LogP contribution in [-0.2, 0) is 0 Å². The third-order valence-electron chi connectivity index (χ3n) is 2.89. The monoisotopic (exact) mass is 252 g/mol. The molecule has 0 bridgehead atoms. The van der Waals surface area contributed by atoms with Crippen LogP contribution in [0.2, 0.25) is 0 Å². The second-order valence-corrected chi connectivity index (χ2v) is 4.18. The summed E-state index contributed by atoms with van der Waals surface area (Å²) in [5.74, 6) is 0.749. The zero-order valence-corrected chi connectivity index (χ0v) is 10.4. The number of phenolic OH excluding ortho intramolecular Hbond substituents is 1. The molecule has 0 aliphatic carbocycles. The minimum absolute atomic E-state index is 0.231. The van der Waals surface area contributed by atoms with Crippen molar-refractivity contribution in [2.75, 3.05) is 11.9 Å². The number of hydrogen-bond acceptors (Lipinski definition) is 5. The van der Waals surface area contributed by atoms with Gasteiger partial charge < -0.3 is 10.0 Å². The number of nitrogens with zero attached hydrogens (tertiary/aromatic N) is 4. The topological polar surface area (TPSA) is 62.1 Å². The molecule has 2 aromatic carbocycles. The highest BCUT2D eigenvalue weighted by atomic mass is 16.3. The maximum atomic E-state index is 9.29. The Balaban J connectivity index is 2.01. The minimum Gasteiger partial charge on any atom is -0.508 e. The van der Waals surface area contributed by atoms with Crippen molar-refractivity contribution in [3.8, 4) is 5.75 Å². The van der Waals surface area contributed by atoms with Crippen LogP contribution in [0, 0.1) is 0 Å². The molecule has 0 amide bonds. The number of rotatable bonds is 2. The average Bonchev–Trinajstić information content (AvgIpc) is 2.47. The first kappa shape index (κ1) is 11.4. The van der Waals surface area contributed by atoms with Gasteiger partial charge in [-0.2, -0.15) is 0 Å². The van der Waals surface area contributed by atoms with Crippen molar-refractivity contribution in [1.29, 1.82) is 0 Å². The fourth-order valence-electron chi connectivity index (χ4n) is 1.81. The Morgan fingerprint density at radius 2 is 1.58 bits per heavy atom. The van der Waals surface area contributed by atoms with Gasteiger partial charge in [0.1, 0.15) is 11.3 Å². The van der Waals surface area contributed by atoms with Crippen molar-refractivity contribution in [2.24, 2.45) is 0 Å². The first-order valence-corrected chi connectivity index (χ1v) is 5.86. The third-order valence-corrected chi connectivity index (χ3v) is 2.89. The first-order valence-electron chi connectivity index (χ1n) is 5.86. The number of anilines is 2. The van der Waals surface area contributed by atoms with E-state index in [2.05, 4.69) is 15.2 Å². The van der Waals surface area contributed by atoms with Crippen molar-refractivity contribution in [2.45, 2.75) is 0 Å². The Morgan fingerprint density at radius 1 is 0.895 bits per heavy atom. The van der Waals surface area contributed by atoms with Gasteiger partial charge in [0.25, 0.3) is 0 Å². The highest BCUT2D eigenvalue weighted by Gasteiger charge is 2.08. The molecule has 1 heterocycles. The van der Waals surface area contributed by atoms with Gasteiger partial charge in [-0.3, -0.25) is 0 Å². The SMILES string of the molecule is CN(c1ccc(O)cc1)c1nnc2ccccc2n1. The molecule has 3 aromatic rings. The lowest BCUT2D eigenvalue weighted by atomic mass is 10.3. The molecule has 3 rings (SSSR count). The van der Waals surface area contributed by atoms with Gasteiger partial charge in [0.15, 0.2) is 0 Å². The van der Waals surface area contributed by atoms with E-state index in [1.165, 1.54) is 0 Å². The van der Waals surface area contributed by atoms with Crippen molar-refractivity contribution in [3.63, 3.8) is 0 Å². The van der Waals surface area contributed by atoms with Crippen LogP contribution in [0.5, 0.6) is 5.75 Å². The molecule has 19 heavy (non-hydrogen) atoms. The third kappa shape index (κ3) is 2.18. The highest BCUT2D eigenvalue weighted by Crippen LogP contribution is 2.22. The van der Waals surface area contributed by atoms with E-state index in [0.717, 1.165) is 16.7 Å². The van der Waals surface area contributed by atoms with Gasteiger partial charge in [-0.25, -0.2) is 4.98 Å². The molecule has 5 heteroatoms. The van der Waals surface area contributed by atoms with Gasteiger partial charge in [-0.05, 0) is 36.4 Å². The lowest BCUT2D eigenvalue weighted by Gasteiger charge is -2.16. The summed E-state index contributed by atoms with van der Waals surface area (Å²) in [6.07, 6.45) is 0. The molecular formula is C14H12N4O. The normalized spacial score (nSPS) is 10.6. The Bertz CT molecular complexity index is 712. The van der Waals surface area contributed by atoms with E-state index in [1.54, 1.807) is 24.3 Å².